The summed E-state index contributed by atoms with van der Waals surface area (Å²) in [6.45, 7) is 8.00. The summed E-state index contributed by atoms with van der Waals surface area (Å²) in [5.74, 6) is 1.10. The molecule has 1 atom stereocenters. The largest absolute Gasteiger partial charge is 0.497 e. The number of carbonyl (C=O) groups excluding carboxylic acids is 1. The summed E-state index contributed by atoms with van der Waals surface area (Å²) in [4.78, 5) is 17.5. The van der Waals surface area contributed by atoms with Crippen molar-refractivity contribution in [3.8, 4) is 11.5 Å². The molecule has 1 N–H and O–H groups in total. The minimum Gasteiger partial charge on any atom is -0.497 e. The van der Waals surface area contributed by atoms with Gasteiger partial charge in [-0.1, -0.05) is 30.3 Å². The SMILES string of the molecule is COc1cc(OC)cc(C(=O)N[C@@H](C)CN2CCN(Cc3ccccc3)CC2)c1. The van der Waals surface area contributed by atoms with Gasteiger partial charge in [0.2, 0.25) is 0 Å². The predicted molar refractivity (Wildman–Crippen MR) is 115 cm³/mol. The summed E-state index contributed by atoms with van der Waals surface area (Å²) in [7, 11) is 3.16. The Balaban J connectivity index is 1.46. The highest BCUT2D eigenvalue weighted by molar-refractivity contribution is 5.95. The number of nitrogens with one attached hydrogen (secondary N) is 1. The van der Waals surface area contributed by atoms with Gasteiger partial charge in [-0.25, -0.2) is 0 Å². The number of rotatable bonds is 8. The van der Waals surface area contributed by atoms with Crippen molar-refractivity contribution >= 4 is 5.91 Å². The van der Waals surface area contributed by atoms with Gasteiger partial charge in [-0.3, -0.25) is 14.6 Å². The van der Waals surface area contributed by atoms with Crippen molar-refractivity contribution in [2.24, 2.45) is 0 Å². The Labute approximate surface area is 173 Å². The van der Waals surface area contributed by atoms with Gasteiger partial charge in [-0.2, -0.15) is 0 Å². The van der Waals surface area contributed by atoms with Crippen LogP contribution in [0, 0.1) is 0 Å². The Kier molecular flexibility index (Phi) is 7.49. The lowest BCUT2D eigenvalue weighted by Gasteiger charge is -2.36. The van der Waals surface area contributed by atoms with Gasteiger partial charge in [0.15, 0.2) is 0 Å². The van der Waals surface area contributed by atoms with Gasteiger partial charge < -0.3 is 14.8 Å². The maximum atomic E-state index is 12.6. The molecule has 1 aliphatic rings. The fourth-order valence-electron chi connectivity index (χ4n) is 3.65. The van der Waals surface area contributed by atoms with E-state index in [1.54, 1.807) is 32.4 Å². The summed E-state index contributed by atoms with van der Waals surface area (Å²) >= 11 is 0. The summed E-state index contributed by atoms with van der Waals surface area (Å²) in [5.41, 5.74) is 1.90. The number of piperazine rings is 1. The molecule has 29 heavy (non-hydrogen) atoms. The number of amides is 1. The fourth-order valence-corrected chi connectivity index (χ4v) is 3.65. The molecule has 1 fully saturated rings. The molecule has 0 aromatic heterocycles. The van der Waals surface area contributed by atoms with Gasteiger partial charge >= 0.3 is 0 Å². The van der Waals surface area contributed by atoms with Crippen LogP contribution in [0.1, 0.15) is 22.8 Å². The molecule has 0 saturated carbocycles. The van der Waals surface area contributed by atoms with Crippen LogP contribution < -0.4 is 14.8 Å². The van der Waals surface area contributed by atoms with Crippen molar-refractivity contribution in [1.82, 2.24) is 15.1 Å². The first-order chi connectivity index (χ1) is 14.1. The molecular weight excluding hydrogens is 366 g/mol. The van der Waals surface area contributed by atoms with Crippen molar-refractivity contribution in [2.75, 3.05) is 46.9 Å². The maximum Gasteiger partial charge on any atom is 0.251 e. The van der Waals surface area contributed by atoms with Gasteiger partial charge in [0.25, 0.3) is 5.91 Å². The van der Waals surface area contributed by atoms with Crippen molar-refractivity contribution < 1.29 is 14.3 Å². The first-order valence-corrected chi connectivity index (χ1v) is 10.1. The molecule has 2 aromatic rings. The van der Waals surface area contributed by atoms with E-state index in [1.165, 1.54) is 5.56 Å². The van der Waals surface area contributed by atoms with Crippen LogP contribution in [0.5, 0.6) is 11.5 Å². The summed E-state index contributed by atoms with van der Waals surface area (Å²) in [6.07, 6.45) is 0. The number of methoxy groups -OCH3 is 2. The third-order valence-electron chi connectivity index (χ3n) is 5.24. The van der Waals surface area contributed by atoms with Gasteiger partial charge in [0.05, 0.1) is 14.2 Å². The summed E-state index contributed by atoms with van der Waals surface area (Å²) < 4.78 is 10.5. The zero-order valence-corrected chi connectivity index (χ0v) is 17.6. The second-order valence-corrected chi connectivity index (χ2v) is 7.54. The molecule has 1 aliphatic heterocycles. The molecule has 0 unspecified atom stereocenters. The standard InChI is InChI=1S/C23H31N3O3/c1-18(24-23(27)20-13-21(28-2)15-22(14-20)29-3)16-25-9-11-26(12-10-25)17-19-7-5-4-6-8-19/h4-8,13-15,18H,9-12,16-17H2,1-3H3,(H,24,27)/t18-/m0/s1. The molecule has 0 bridgehead atoms. The van der Waals surface area contributed by atoms with E-state index >= 15 is 0 Å². The van der Waals surface area contributed by atoms with E-state index in [0.717, 1.165) is 39.3 Å². The highest BCUT2D eigenvalue weighted by Crippen LogP contribution is 2.22. The second-order valence-electron chi connectivity index (χ2n) is 7.54. The van der Waals surface area contributed by atoms with E-state index in [2.05, 4.69) is 45.4 Å². The van der Waals surface area contributed by atoms with Crippen LogP contribution in [0.4, 0.5) is 0 Å². The predicted octanol–water partition coefficient (Wildman–Crippen LogP) is 2.64. The second kappa shape index (κ2) is 10.3. The summed E-state index contributed by atoms with van der Waals surface area (Å²) in [6, 6.07) is 15.9. The zero-order valence-electron chi connectivity index (χ0n) is 17.6. The molecule has 6 nitrogen and oxygen atoms in total. The lowest BCUT2D eigenvalue weighted by Crippen LogP contribution is -2.50. The van der Waals surface area contributed by atoms with Crippen LogP contribution in [-0.4, -0.2) is 68.7 Å². The highest BCUT2D eigenvalue weighted by atomic mass is 16.5. The summed E-state index contributed by atoms with van der Waals surface area (Å²) in [5, 5.41) is 3.09. The monoisotopic (exact) mass is 397 g/mol. The van der Waals surface area contributed by atoms with Crippen LogP contribution in [0.3, 0.4) is 0 Å². The third-order valence-corrected chi connectivity index (χ3v) is 5.24. The Morgan fingerprint density at radius 3 is 2.14 bits per heavy atom. The maximum absolute atomic E-state index is 12.6. The van der Waals surface area contributed by atoms with E-state index in [1.807, 2.05) is 6.92 Å². The van der Waals surface area contributed by atoms with E-state index in [4.69, 9.17) is 9.47 Å². The molecule has 6 heteroatoms. The number of hydrogen-bond acceptors (Lipinski definition) is 5. The quantitative estimate of drug-likeness (QED) is 0.742. The van der Waals surface area contributed by atoms with Crippen molar-refractivity contribution in [3.05, 3.63) is 59.7 Å². The fraction of sp³-hybridized carbons (Fsp3) is 0.435. The molecule has 1 amide bonds. The van der Waals surface area contributed by atoms with Crippen LogP contribution >= 0.6 is 0 Å². The van der Waals surface area contributed by atoms with E-state index < -0.39 is 0 Å². The van der Waals surface area contributed by atoms with Gasteiger partial charge in [0.1, 0.15) is 11.5 Å². The minimum absolute atomic E-state index is 0.0559. The van der Waals surface area contributed by atoms with Gasteiger partial charge in [0, 0.05) is 56.9 Å². The van der Waals surface area contributed by atoms with E-state index in [0.29, 0.717) is 17.1 Å². The third kappa shape index (κ3) is 6.21. The molecule has 1 saturated heterocycles. The van der Waals surface area contributed by atoms with Gasteiger partial charge in [-0.05, 0) is 24.6 Å². The first kappa shape index (κ1) is 21.1. The molecule has 156 valence electrons. The molecule has 1 heterocycles. The molecule has 0 radical (unpaired) electrons. The molecule has 2 aromatic carbocycles. The van der Waals surface area contributed by atoms with Crippen LogP contribution in [0.15, 0.2) is 48.5 Å². The number of hydrogen-bond donors (Lipinski definition) is 1. The van der Waals surface area contributed by atoms with Crippen LogP contribution in [0.25, 0.3) is 0 Å². The molecule has 3 rings (SSSR count). The van der Waals surface area contributed by atoms with Gasteiger partial charge in [-0.15, -0.1) is 0 Å². The van der Waals surface area contributed by atoms with Crippen LogP contribution in [-0.2, 0) is 6.54 Å². The zero-order chi connectivity index (χ0) is 20.6. The average Bonchev–Trinajstić information content (AvgIpc) is 2.75. The van der Waals surface area contributed by atoms with Crippen molar-refractivity contribution in [3.63, 3.8) is 0 Å². The lowest BCUT2D eigenvalue weighted by atomic mass is 10.1. The van der Waals surface area contributed by atoms with Crippen LogP contribution in [0.2, 0.25) is 0 Å². The van der Waals surface area contributed by atoms with E-state index in [9.17, 15) is 4.79 Å². The molecular formula is C23H31N3O3. The van der Waals surface area contributed by atoms with Crippen molar-refractivity contribution in [2.45, 2.75) is 19.5 Å². The highest BCUT2D eigenvalue weighted by Gasteiger charge is 2.20. The first-order valence-electron chi connectivity index (χ1n) is 10.1. The number of nitrogens with zero attached hydrogens (tertiary/aromatic N) is 2. The smallest absolute Gasteiger partial charge is 0.251 e. The normalized spacial score (nSPS) is 16.2. The Morgan fingerprint density at radius 2 is 1.55 bits per heavy atom. The average molecular weight is 398 g/mol. The Morgan fingerprint density at radius 1 is 0.966 bits per heavy atom. The number of ether oxygens (including phenoxy) is 2. The lowest BCUT2D eigenvalue weighted by molar-refractivity contribution is 0.0900. The molecule has 0 aliphatic carbocycles. The Hall–Kier alpha value is -2.57. The Bertz CT molecular complexity index is 767. The van der Waals surface area contributed by atoms with Crippen molar-refractivity contribution in [1.29, 1.82) is 0 Å². The number of carbonyl (C=O) groups is 1. The number of benzene rings is 2. The minimum atomic E-state index is -0.114. The van der Waals surface area contributed by atoms with E-state index in [-0.39, 0.29) is 11.9 Å². The molecule has 0 spiro atoms. The topological polar surface area (TPSA) is 54.0 Å².